The lowest BCUT2D eigenvalue weighted by Crippen LogP contribution is -2.49. The normalized spacial score (nSPS) is 16.1. The van der Waals surface area contributed by atoms with Crippen LogP contribution in [0.15, 0.2) is 29.4 Å². The van der Waals surface area contributed by atoms with E-state index >= 15 is 0 Å². The van der Waals surface area contributed by atoms with Gasteiger partial charge in [0.25, 0.3) is 0 Å². The molecule has 0 aromatic carbocycles. The van der Waals surface area contributed by atoms with Crippen LogP contribution in [0.5, 0.6) is 0 Å². The van der Waals surface area contributed by atoms with E-state index < -0.39 is 0 Å². The summed E-state index contributed by atoms with van der Waals surface area (Å²) < 4.78 is 2.08. The van der Waals surface area contributed by atoms with E-state index in [1.54, 1.807) is 7.05 Å². The number of likely N-dealkylation sites (tertiary alicyclic amines) is 1. The summed E-state index contributed by atoms with van der Waals surface area (Å²) in [4.78, 5) is 22.0. The Morgan fingerprint density at radius 1 is 1.37 bits per heavy atom. The lowest BCUT2D eigenvalue weighted by Gasteiger charge is -2.32. The maximum absolute atomic E-state index is 11.0. The molecule has 4 N–H and O–H groups in total. The number of imidazole rings is 1. The Morgan fingerprint density at radius 3 is 2.74 bits per heavy atom. The standard InChI is InChI=1S/C18H27N7O.HI/c1-13-4-3-5-17-22-15(11-25(13)17)10-21-18(20-2)23-14-6-8-24(9-7-14)12-16(19)26;/h3-5,11,14H,6-10,12H2,1-2H3,(H2,19,26)(H2,20,21,23);1H. The maximum atomic E-state index is 11.0. The van der Waals surface area contributed by atoms with E-state index in [4.69, 9.17) is 5.73 Å². The number of amides is 1. The molecule has 148 valence electrons. The third-order valence-electron chi connectivity index (χ3n) is 4.71. The zero-order valence-corrected chi connectivity index (χ0v) is 18.1. The van der Waals surface area contributed by atoms with Crippen LogP contribution in [0.1, 0.15) is 24.2 Å². The van der Waals surface area contributed by atoms with Crippen molar-refractivity contribution in [2.45, 2.75) is 32.4 Å². The summed E-state index contributed by atoms with van der Waals surface area (Å²) in [7, 11) is 1.77. The Labute approximate surface area is 176 Å². The number of carbonyl (C=O) groups is 1. The molecule has 0 spiro atoms. The van der Waals surface area contributed by atoms with E-state index in [1.807, 2.05) is 18.3 Å². The molecule has 3 rings (SSSR count). The fourth-order valence-electron chi connectivity index (χ4n) is 3.30. The van der Waals surface area contributed by atoms with Crippen molar-refractivity contribution < 1.29 is 4.79 Å². The highest BCUT2D eigenvalue weighted by atomic mass is 127. The molecule has 8 nitrogen and oxygen atoms in total. The maximum Gasteiger partial charge on any atom is 0.231 e. The number of nitrogens with two attached hydrogens (primary N) is 1. The number of guanidine groups is 1. The largest absolute Gasteiger partial charge is 0.369 e. The van der Waals surface area contributed by atoms with Crippen molar-refractivity contribution in [3.63, 3.8) is 0 Å². The molecule has 0 saturated carbocycles. The summed E-state index contributed by atoms with van der Waals surface area (Å²) in [6.07, 6.45) is 3.97. The number of primary amides is 1. The number of halogens is 1. The first-order valence-corrected chi connectivity index (χ1v) is 8.96. The summed E-state index contributed by atoms with van der Waals surface area (Å²) in [6, 6.07) is 6.43. The van der Waals surface area contributed by atoms with Crippen molar-refractivity contribution in [3.05, 3.63) is 35.8 Å². The van der Waals surface area contributed by atoms with Crippen LogP contribution in [-0.2, 0) is 11.3 Å². The molecule has 2 aromatic rings. The first kappa shape index (κ1) is 21.4. The molecule has 1 aliphatic rings. The summed E-state index contributed by atoms with van der Waals surface area (Å²) >= 11 is 0. The zero-order valence-electron chi connectivity index (χ0n) is 15.8. The molecule has 0 aliphatic carbocycles. The van der Waals surface area contributed by atoms with Gasteiger partial charge < -0.3 is 20.8 Å². The molecule has 0 unspecified atom stereocenters. The number of piperidine rings is 1. The summed E-state index contributed by atoms with van der Waals surface area (Å²) in [5.41, 5.74) is 8.34. The lowest BCUT2D eigenvalue weighted by atomic mass is 10.1. The van der Waals surface area contributed by atoms with Crippen molar-refractivity contribution in [3.8, 4) is 0 Å². The summed E-state index contributed by atoms with van der Waals surface area (Å²) in [6.45, 7) is 4.75. The molecule has 3 heterocycles. The smallest absolute Gasteiger partial charge is 0.231 e. The predicted molar refractivity (Wildman–Crippen MR) is 117 cm³/mol. The number of hydrogen-bond donors (Lipinski definition) is 3. The quantitative estimate of drug-likeness (QED) is 0.332. The SMILES string of the molecule is CN=C(NCc1cn2c(C)cccc2n1)NC1CCN(CC(N)=O)CC1.I. The van der Waals surface area contributed by atoms with Gasteiger partial charge in [-0.2, -0.15) is 0 Å². The van der Waals surface area contributed by atoms with Crippen LogP contribution in [0.25, 0.3) is 5.65 Å². The van der Waals surface area contributed by atoms with Crippen molar-refractivity contribution in [1.82, 2.24) is 24.9 Å². The molecule has 2 aromatic heterocycles. The van der Waals surface area contributed by atoms with Crippen LogP contribution in [0.3, 0.4) is 0 Å². The van der Waals surface area contributed by atoms with Gasteiger partial charge in [-0.05, 0) is 31.9 Å². The summed E-state index contributed by atoms with van der Waals surface area (Å²) in [5, 5.41) is 6.79. The van der Waals surface area contributed by atoms with Crippen molar-refractivity contribution in [1.29, 1.82) is 0 Å². The molecule has 1 saturated heterocycles. The topological polar surface area (TPSA) is 100 Å². The minimum Gasteiger partial charge on any atom is -0.369 e. The summed E-state index contributed by atoms with van der Waals surface area (Å²) in [5.74, 6) is 0.503. The van der Waals surface area contributed by atoms with Gasteiger partial charge in [0.1, 0.15) is 5.65 Å². The molecule has 1 aliphatic heterocycles. The number of aliphatic imine (C=N–C) groups is 1. The van der Waals surface area contributed by atoms with Gasteiger partial charge >= 0.3 is 0 Å². The molecule has 9 heteroatoms. The van der Waals surface area contributed by atoms with E-state index in [-0.39, 0.29) is 29.9 Å². The zero-order chi connectivity index (χ0) is 18.5. The Hall–Kier alpha value is -1.88. The van der Waals surface area contributed by atoms with Crippen LogP contribution in [-0.4, -0.2) is 58.9 Å². The Morgan fingerprint density at radius 2 is 2.11 bits per heavy atom. The number of carbonyl (C=O) groups excluding carboxylic acids is 1. The van der Waals surface area contributed by atoms with E-state index in [1.165, 1.54) is 0 Å². The first-order valence-electron chi connectivity index (χ1n) is 8.96. The molecule has 0 radical (unpaired) electrons. The van der Waals surface area contributed by atoms with Gasteiger partial charge in [0.05, 0.1) is 18.8 Å². The number of fused-ring (bicyclic) bond motifs is 1. The van der Waals surface area contributed by atoms with Crippen molar-refractivity contribution >= 4 is 41.5 Å². The van der Waals surface area contributed by atoms with Crippen LogP contribution >= 0.6 is 24.0 Å². The van der Waals surface area contributed by atoms with E-state index in [9.17, 15) is 4.79 Å². The highest BCUT2D eigenvalue weighted by Gasteiger charge is 2.20. The van der Waals surface area contributed by atoms with Gasteiger partial charge in [0.2, 0.25) is 5.91 Å². The highest BCUT2D eigenvalue weighted by molar-refractivity contribution is 14.0. The monoisotopic (exact) mass is 485 g/mol. The molecular weight excluding hydrogens is 457 g/mol. The van der Waals surface area contributed by atoms with Gasteiger partial charge in [-0.1, -0.05) is 6.07 Å². The molecule has 1 amide bonds. The van der Waals surface area contributed by atoms with Gasteiger partial charge in [0, 0.05) is 38.1 Å². The van der Waals surface area contributed by atoms with Crippen LogP contribution in [0.4, 0.5) is 0 Å². The number of nitrogens with one attached hydrogen (secondary N) is 2. The Bertz CT molecular complexity index is 796. The molecule has 0 bridgehead atoms. The molecule has 0 atom stereocenters. The van der Waals surface area contributed by atoms with E-state index in [0.717, 1.165) is 48.9 Å². The number of aryl methyl sites for hydroxylation is 1. The second-order valence-corrected chi connectivity index (χ2v) is 6.71. The minimum absolute atomic E-state index is 0. The predicted octanol–water partition coefficient (Wildman–Crippen LogP) is 0.875. The Kier molecular flexibility index (Phi) is 7.84. The molecular formula is C18H28IN7O. The van der Waals surface area contributed by atoms with Crippen LogP contribution in [0, 0.1) is 6.92 Å². The number of rotatable bonds is 5. The second kappa shape index (κ2) is 9.88. The van der Waals surface area contributed by atoms with E-state index in [0.29, 0.717) is 19.1 Å². The second-order valence-electron chi connectivity index (χ2n) is 6.71. The van der Waals surface area contributed by atoms with Crippen molar-refractivity contribution in [2.75, 3.05) is 26.7 Å². The van der Waals surface area contributed by atoms with E-state index in [2.05, 4.69) is 42.9 Å². The lowest BCUT2D eigenvalue weighted by molar-refractivity contribution is -0.119. The third-order valence-corrected chi connectivity index (χ3v) is 4.71. The van der Waals surface area contributed by atoms with Crippen LogP contribution < -0.4 is 16.4 Å². The van der Waals surface area contributed by atoms with Gasteiger partial charge in [-0.15, -0.1) is 24.0 Å². The average molecular weight is 485 g/mol. The third kappa shape index (κ3) is 5.80. The average Bonchev–Trinajstić information content (AvgIpc) is 3.04. The minimum atomic E-state index is -0.267. The molecule has 1 fully saturated rings. The number of aromatic nitrogens is 2. The van der Waals surface area contributed by atoms with Crippen molar-refractivity contribution in [2.24, 2.45) is 10.7 Å². The number of hydrogen-bond acceptors (Lipinski definition) is 4. The highest BCUT2D eigenvalue weighted by Crippen LogP contribution is 2.10. The van der Waals surface area contributed by atoms with Gasteiger partial charge in [0.15, 0.2) is 5.96 Å². The van der Waals surface area contributed by atoms with Gasteiger partial charge in [-0.25, -0.2) is 4.98 Å². The number of nitrogens with zero attached hydrogens (tertiary/aromatic N) is 4. The molecule has 27 heavy (non-hydrogen) atoms. The van der Waals surface area contributed by atoms with Crippen LogP contribution in [0.2, 0.25) is 0 Å². The number of pyridine rings is 1. The first-order chi connectivity index (χ1) is 12.5. The fourth-order valence-corrected chi connectivity index (χ4v) is 3.30. The Balaban J connectivity index is 0.00000261. The fraction of sp³-hybridized carbons (Fsp3) is 0.500. The van der Waals surface area contributed by atoms with Gasteiger partial charge in [-0.3, -0.25) is 14.7 Å².